The van der Waals surface area contributed by atoms with Gasteiger partial charge in [0, 0.05) is 28.8 Å². The number of benzene rings is 3. The summed E-state index contributed by atoms with van der Waals surface area (Å²) in [6, 6.07) is 14.8. The fraction of sp³-hybridized carbons (Fsp3) is 0.130. The zero-order valence-electron chi connectivity index (χ0n) is 17.9. The van der Waals surface area contributed by atoms with Crippen LogP contribution in [-0.4, -0.2) is 32.9 Å². The fourth-order valence-corrected chi connectivity index (χ4v) is 3.62. The van der Waals surface area contributed by atoms with E-state index in [-0.39, 0.29) is 16.0 Å². The lowest BCUT2D eigenvalue weighted by molar-refractivity contribution is -0.274. The average Bonchev–Trinajstić information content (AvgIpc) is 2.74. The Morgan fingerprint density at radius 3 is 2.09 bits per heavy atom. The molecule has 0 saturated heterocycles. The second-order valence-corrected chi connectivity index (χ2v) is 9.33. The van der Waals surface area contributed by atoms with Gasteiger partial charge in [0.2, 0.25) is 0 Å². The molecule has 0 fully saturated rings. The smallest absolute Gasteiger partial charge is 0.406 e. The van der Waals surface area contributed by atoms with Crippen molar-refractivity contribution < 1.29 is 35.9 Å². The van der Waals surface area contributed by atoms with Gasteiger partial charge >= 0.3 is 6.36 Å². The molecule has 0 aliphatic carbocycles. The predicted octanol–water partition coefficient (Wildman–Crippen LogP) is 4.80. The van der Waals surface area contributed by atoms with Crippen molar-refractivity contribution >= 4 is 33.0 Å². The molecule has 3 rings (SSSR count). The molecule has 2 N–H and O–H groups in total. The van der Waals surface area contributed by atoms with Crippen LogP contribution in [0.4, 0.5) is 24.5 Å². The van der Waals surface area contributed by atoms with Crippen molar-refractivity contribution in [2.75, 3.05) is 16.9 Å². The summed E-state index contributed by atoms with van der Waals surface area (Å²) in [6.07, 6.45) is -3.78. The Kier molecular flexibility index (Phi) is 6.96. The van der Waals surface area contributed by atoms with Crippen molar-refractivity contribution in [2.24, 2.45) is 0 Å². The number of sulfone groups is 1. The van der Waals surface area contributed by atoms with Crippen molar-refractivity contribution in [3.8, 4) is 5.75 Å². The standard InChI is InChI=1S/C23H19F3N2O5S/c1-14-12-17(27-21(29)15-6-9-18(10-7-15)33-23(24,25)26)8-11-20(14)28-22(30)16-4-3-5-19(13-16)34(2,31)32/h3-13H,1-2H3,(H,27,29)(H,28,30). The highest BCUT2D eigenvalue weighted by Crippen LogP contribution is 2.24. The molecule has 0 spiro atoms. The number of hydrogen-bond acceptors (Lipinski definition) is 5. The van der Waals surface area contributed by atoms with E-state index in [9.17, 15) is 31.2 Å². The molecule has 2 amide bonds. The predicted molar refractivity (Wildman–Crippen MR) is 120 cm³/mol. The number of alkyl halides is 3. The van der Waals surface area contributed by atoms with Crippen LogP contribution in [0.25, 0.3) is 0 Å². The molecule has 0 saturated carbocycles. The van der Waals surface area contributed by atoms with E-state index in [2.05, 4.69) is 15.4 Å². The fourth-order valence-electron chi connectivity index (χ4n) is 2.96. The topological polar surface area (TPSA) is 102 Å². The number of carbonyl (C=O) groups excluding carboxylic acids is 2. The zero-order chi connectivity index (χ0) is 25.1. The normalized spacial score (nSPS) is 11.6. The number of carbonyl (C=O) groups is 2. The number of nitrogens with one attached hydrogen (secondary N) is 2. The summed E-state index contributed by atoms with van der Waals surface area (Å²) in [5.74, 6) is -1.50. The van der Waals surface area contributed by atoms with Gasteiger partial charge in [-0.2, -0.15) is 0 Å². The zero-order valence-corrected chi connectivity index (χ0v) is 18.8. The minimum absolute atomic E-state index is 0.0212. The van der Waals surface area contributed by atoms with Crippen LogP contribution in [0.1, 0.15) is 26.3 Å². The van der Waals surface area contributed by atoms with Gasteiger partial charge in [-0.1, -0.05) is 6.07 Å². The van der Waals surface area contributed by atoms with Gasteiger partial charge < -0.3 is 15.4 Å². The van der Waals surface area contributed by atoms with E-state index >= 15 is 0 Å². The number of halogens is 3. The summed E-state index contributed by atoms with van der Waals surface area (Å²) in [4.78, 5) is 25.0. The SMILES string of the molecule is Cc1cc(NC(=O)c2ccc(OC(F)(F)F)cc2)ccc1NC(=O)c1cccc(S(C)(=O)=O)c1. The molecule has 3 aromatic carbocycles. The van der Waals surface area contributed by atoms with Crippen molar-refractivity contribution in [2.45, 2.75) is 18.2 Å². The van der Waals surface area contributed by atoms with Crippen molar-refractivity contribution in [3.05, 3.63) is 83.4 Å². The third-order valence-corrected chi connectivity index (χ3v) is 5.72. The van der Waals surface area contributed by atoms with Crippen LogP contribution < -0.4 is 15.4 Å². The minimum atomic E-state index is -4.82. The Balaban J connectivity index is 1.68. The Bertz CT molecular complexity index is 1340. The quantitative estimate of drug-likeness (QED) is 0.515. The highest BCUT2D eigenvalue weighted by atomic mass is 32.2. The summed E-state index contributed by atoms with van der Waals surface area (Å²) in [5.41, 5.74) is 1.74. The molecule has 178 valence electrons. The van der Waals surface area contributed by atoms with Crippen LogP contribution in [-0.2, 0) is 9.84 Å². The van der Waals surface area contributed by atoms with Gasteiger partial charge in [-0.05, 0) is 73.2 Å². The van der Waals surface area contributed by atoms with Crippen LogP contribution in [0.5, 0.6) is 5.75 Å². The van der Waals surface area contributed by atoms with Gasteiger partial charge in [0.05, 0.1) is 4.90 Å². The van der Waals surface area contributed by atoms with Crippen LogP contribution in [0.3, 0.4) is 0 Å². The third-order valence-electron chi connectivity index (χ3n) is 4.61. The lowest BCUT2D eigenvalue weighted by atomic mass is 10.1. The molecule has 0 aromatic heterocycles. The molecule has 0 unspecified atom stereocenters. The van der Waals surface area contributed by atoms with Crippen LogP contribution >= 0.6 is 0 Å². The number of hydrogen-bond donors (Lipinski definition) is 2. The monoisotopic (exact) mass is 492 g/mol. The van der Waals surface area contributed by atoms with Crippen LogP contribution in [0.2, 0.25) is 0 Å². The highest BCUT2D eigenvalue weighted by molar-refractivity contribution is 7.90. The second kappa shape index (κ2) is 9.56. The van der Waals surface area contributed by atoms with E-state index in [1.807, 2.05) is 0 Å². The molecule has 0 bridgehead atoms. The van der Waals surface area contributed by atoms with Crippen LogP contribution in [0, 0.1) is 6.92 Å². The van der Waals surface area contributed by atoms with Gasteiger partial charge in [0.15, 0.2) is 9.84 Å². The molecule has 7 nitrogen and oxygen atoms in total. The maximum atomic E-state index is 12.6. The minimum Gasteiger partial charge on any atom is -0.406 e. The van der Waals surface area contributed by atoms with Gasteiger partial charge in [0.1, 0.15) is 5.75 Å². The van der Waals surface area contributed by atoms with Crippen molar-refractivity contribution in [1.29, 1.82) is 0 Å². The Morgan fingerprint density at radius 2 is 1.50 bits per heavy atom. The first kappa shape index (κ1) is 24.8. The average molecular weight is 492 g/mol. The van der Waals surface area contributed by atoms with E-state index in [0.29, 0.717) is 16.9 Å². The first-order valence-corrected chi connectivity index (χ1v) is 11.6. The van der Waals surface area contributed by atoms with Gasteiger partial charge in [-0.15, -0.1) is 13.2 Å². The van der Waals surface area contributed by atoms with Crippen molar-refractivity contribution in [3.63, 3.8) is 0 Å². The van der Waals surface area contributed by atoms with E-state index in [1.165, 1.54) is 42.5 Å². The molecule has 0 aliphatic heterocycles. The number of anilines is 2. The molecule has 0 heterocycles. The molecule has 0 atom stereocenters. The number of rotatable bonds is 6. The number of amides is 2. The second-order valence-electron chi connectivity index (χ2n) is 7.31. The summed E-state index contributed by atoms with van der Waals surface area (Å²) < 4.78 is 63.9. The van der Waals surface area contributed by atoms with Gasteiger partial charge in [0.25, 0.3) is 11.8 Å². The molecule has 0 radical (unpaired) electrons. The molecule has 0 aliphatic rings. The molecular formula is C23H19F3N2O5S. The largest absolute Gasteiger partial charge is 0.573 e. The summed E-state index contributed by atoms with van der Waals surface area (Å²) in [5, 5.41) is 5.31. The highest BCUT2D eigenvalue weighted by Gasteiger charge is 2.31. The maximum Gasteiger partial charge on any atom is 0.573 e. The molecule has 34 heavy (non-hydrogen) atoms. The Hall–Kier alpha value is -3.86. The Labute approximate surface area is 193 Å². The lowest BCUT2D eigenvalue weighted by Crippen LogP contribution is -2.17. The molecule has 11 heteroatoms. The van der Waals surface area contributed by atoms with Gasteiger partial charge in [-0.3, -0.25) is 9.59 Å². The van der Waals surface area contributed by atoms with Crippen molar-refractivity contribution in [1.82, 2.24) is 0 Å². The van der Waals surface area contributed by atoms with E-state index in [1.54, 1.807) is 19.1 Å². The molecular weight excluding hydrogens is 473 g/mol. The van der Waals surface area contributed by atoms with E-state index in [0.717, 1.165) is 18.4 Å². The van der Waals surface area contributed by atoms with Gasteiger partial charge in [-0.25, -0.2) is 8.42 Å². The summed E-state index contributed by atoms with van der Waals surface area (Å²) in [6.45, 7) is 1.70. The first-order chi connectivity index (χ1) is 15.8. The number of aryl methyl sites for hydroxylation is 1. The first-order valence-electron chi connectivity index (χ1n) is 9.71. The van der Waals surface area contributed by atoms with E-state index in [4.69, 9.17) is 0 Å². The summed E-state index contributed by atoms with van der Waals surface area (Å²) in [7, 11) is -3.47. The Morgan fingerprint density at radius 1 is 0.853 bits per heavy atom. The number of ether oxygens (including phenoxy) is 1. The maximum absolute atomic E-state index is 12.6. The third kappa shape index (κ3) is 6.58. The lowest BCUT2D eigenvalue weighted by Gasteiger charge is -2.12. The molecule has 3 aromatic rings. The van der Waals surface area contributed by atoms with E-state index < -0.39 is 33.8 Å². The summed E-state index contributed by atoms with van der Waals surface area (Å²) >= 11 is 0. The van der Waals surface area contributed by atoms with Crippen LogP contribution in [0.15, 0.2) is 71.6 Å².